The van der Waals surface area contributed by atoms with Gasteiger partial charge in [-0.1, -0.05) is 179 Å². The molecule has 0 bridgehead atoms. The molecule has 0 aromatic rings. The zero-order valence-corrected chi connectivity index (χ0v) is 34.8. The van der Waals surface area contributed by atoms with Gasteiger partial charge in [0.1, 0.15) is 30.5 Å². The number of amides is 1. The summed E-state index contributed by atoms with van der Waals surface area (Å²) in [5.74, 6) is -0.631. The van der Waals surface area contributed by atoms with E-state index in [9.17, 15) is 35.4 Å². The van der Waals surface area contributed by atoms with Crippen molar-refractivity contribution in [3.8, 4) is 0 Å². The van der Waals surface area contributed by atoms with E-state index >= 15 is 0 Å². The molecule has 1 fully saturated rings. The lowest BCUT2D eigenvalue weighted by atomic mass is 9.99. The fraction of sp³-hybridized carbons (Fsp3) is 0.844. The van der Waals surface area contributed by atoms with Crippen molar-refractivity contribution in [1.29, 1.82) is 0 Å². The van der Waals surface area contributed by atoms with E-state index in [2.05, 4.69) is 43.5 Å². The van der Waals surface area contributed by atoms with Gasteiger partial charge in [-0.2, -0.15) is 0 Å². The van der Waals surface area contributed by atoms with E-state index in [1.807, 2.05) is 6.08 Å². The molecule has 1 heterocycles. The number of aliphatic hydroxyl groups excluding tert-OH is 6. The van der Waals surface area contributed by atoms with E-state index in [4.69, 9.17) is 9.47 Å². The average molecular weight is 782 g/mol. The monoisotopic (exact) mass is 782 g/mol. The first-order valence-corrected chi connectivity index (χ1v) is 22.3. The van der Waals surface area contributed by atoms with E-state index in [0.717, 1.165) is 44.9 Å². The summed E-state index contributed by atoms with van der Waals surface area (Å²) in [6, 6.07) is -0.999. The van der Waals surface area contributed by atoms with Gasteiger partial charge >= 0.3 is 0 Å². The molecule has 0 aromatic carbocycles. The Labute approximate surface area is 334 Å². The van der Waals surface area contributed by atoms with Gasteiger partial charge in [-0.25, -0.2) is 0 Å². The molecular formula is C45H83NO9. The molecule has 0 radical (unpaired) electrons. The zero-order valence-electron chi connectivity index (χ0n) is 34.8. The lowest BCUT2D eigenvalue weighted by Crippen LogP contribution is -2.60. The first-order valence-electron chi connectivity index (χ1n) is 22.3. The summed E-state index contributed by atoms with van der Waals surface area (Å²) < 4.78 is 11.1. The zero-order chi connectivity index (χ0) is 40.4. The second kappa shape index (κ2) is 35.5. The van der Waals surface area contributed by atoms with Crippen molar-refractivity contribution < 1.29 is 44.9 Å². The van der Waals surface area contributed by atoms with Gasteiger partial charge < -0.3 is 45.4 Å². The molecule has 1 saturated heterocycles. The summed E-state index contributed by atoms with van der Waals surface area (Å²) in [5.41, 5.74) is 0. The highest BCUT2D eigenvalue weighted by Gasteiger charge is 2.44. The topological polar surface area (TPSA) is 169 Å². The number of carbonyl (C=O) groups excluding carboxylic acids is 1. The van der Waals surface area contributed by atoms with E-state index in [1.165, 1.54) is 103 Å². The Balaban J connectivity index is 2.42. The van der Waals surface area contributed by atoms with Crippen LogP contribution < -0.4 is 5.32 Å². The van der Waals surface area contributed by atoms with Crippen molar-refractivity contribution in [2.24, 2.45) is 0 Å². The van der Waals surface area contributed by atoms with Crippen LogP contribution >= 0.6 is 0 Å². The third kappa shape index (κ3) is 26.1. The van der Waals surface area contributed by atoms with E-state index in [-0.39, 0.29) is 6.61 Å². The van der Waals surface area contributed by atoms with Crippen LogP contribution in [0.25, 0.3) is 0 Å². The number of nitrogens with one attached hydrogen (secondary N) is 1. The molecular weight excluding hydrogens is 698 g/mol. The lowest BCUT2D eigenvalue weighted by Gasteiger charge is -2.40. The Hall–Kier alpha value is -1.63. The maximum atomic E-state index is 13.0. The Morgan fingerprint density at radius 1 is 0.618 bits per heavy atom. The number of carbonyl (C=O) groups is 1. The molecule has 1 amide bonds. The van der Waals surface area contributed by atoms with Crippen LogP contribution in [-0.4, -0.2) is 98.7 Å². The van der Waals surface area contributed by atoms with Crippen LogP contribution in [0.5, 0.6) is 0 Å². The van der Waals surface area contributed by atoms with Gasteiger partial charge in [0.2, 0.25) is 5.91 Å². The maximum Gasteiger partial charge on any atom is 0.249 e. The molecule has 0 spiro atoms. The Morgan fingerprint density at radius 2 is 1.07 bits per heavy atom. The van der Waals surface area contributed by atoms with Crippen LogP contribution in [0, 0.1) is 0 Å². The first-order chi connectivity index (χ1) is 26.8. The molecule has 1 aliphatic rings. The Morgan fingerprint density at radius 3 is 1.56 bits per heavy atom. The van der Waals surface area contributed by atoms with E-state index in [0.29, 0.717) is 19.3 Å². The largest absolute Gasteiger partial charge is 0.394 e. The molecule has 0 aliphatic carbocycles. The van der Waals surface area contributed by atoms with Gasteiger partial charge in [0.05, 0.1) is 25.4 Å². The maximum absolute atomic E-state index is 13.0. The molecule has 55 heavy (non-hydrogen) atoms. The minimum absolute atomic E-state index is 0.303. The number of aliphatic hydroxyl groups is 6. The predicted octanol–water partition coefficient (Wildman–Crippen LogP) is 7.86. The minimum Gasteiger partial charge on any atom is -0.394 e. The second-order valence-electron chi connectivity index (χ2n) is 15.6. The molecule has 8 atom stereocenters. The van der Waals surface area contributed by atoms with E-state index in [1.54, 1.807) is 6.08 Å². The summed E-state index contributed by atoms with van der Waals surface area (Å²) in [6.45, 7) is 3.53. The van der Waals surface area contributed by atoms with Crippen molar-refractivity contribution >= 4 is 5.91 Å². The Bertz CT molecular complexity index is 974. The Kier molecular flexibility index (Phi) is 33.2. The molecule has 0 saturated carbocycles. The number of hydrogen-bond donors (Lipinski definition) is 7. The van der Waals surface area contributed by atoms with Crippen LogP contribution in [0.3, 0.4) is 0 Å². The summed E-state index contributed by atoms with van der Waals surface area (Å²) in [7, 11) is 0. The summed E-state index contributed by atoms with van der Waals surface area (Å²) in [5, 5.41) is 64.5. The van der Waals surface area contributed by atoms with Crippen LogP contribution in [-0.2, 0) is 14.3 Å². The molecule has 8 unspecified atom stereocenters. The van der Waals surface area contributed by atoms with Crippen molar-refractivity contribution in [1.82, 2.24) is 5.32 Å². The molecule has 322 valence electrons. The molecule has 7 N–H and O–H groups in total. The summed E-state index contributed by atoms with van der Waals surface area (Å²) >= 11 is 0. The number of rotatable bonds is 36. The highest BCUT2D eigenvalue weighted by Crippen LogP contribution is 2.22. The van der Waals surface area contributed by atoms with Crippen LogP contribution in [0.15, 0.2) is 36.5 Å². The fourth-order valence-corrected chi connectivity index (χ4v) is 6.83. The lowest BCUT2D eigenvalue weighted by molar-refractivity contribution is -0.302. The normalized spacial score (nSPS) is 22.2. The molecule has 10 heteroatoms. The number of ether oxygens (including phenoxy) is 2. The third-order valence-electron chi connectivity index (χ3n) is 10.6. The van der Waals surface area contributed by atoms with Crippen LogP contribution in [0.2, 0.25) is 0 Å². The third-order valence-corrected chi connectivity index (χ3v) is 10.6. The molecule has 10 nitrogen and oxygen atoms in total. The molecule has 1 rings (SSSR count). The van der Waals surface area contributed by atoms with Crippen molar-refractivity contribution in [3.63, 3.8) is 0 Å². The highest BCUT2D eigenvalue weighted by atomic mass is 16.7. The first kappa shape index (κ1) is 51.4. The van der Waals surface area contributed by atoms with Gasteiger partial charge in [-0.3, -0.25) is 4.79 Å². The quantitative estimate of drug-likeness (QED) is 0.0247. The van der Waals surface area contributed by atoms with E-state index < -0.39 is 61.5 Å². The second-order valence-corrected chi connectivity index (χ2v) is 15.6. The smallest absolute Gasteiger partial charge is 0.249 e. The number of unbranched alkanes of at least 4 members (excludes halogenated alkanes) is 21. The molecule has 1 aliphatic heterocycles. The van der Waals surface area contributed by atoms with Crippen molar-refractivity contribution in [2.45, 2.75) is 230 Å². The highest BCUT2D eigenvalue weighted by molar-refractivity contribution is 5.80. The number of allylic oxidation sites excluding steroid dienone is 5. The average Bonchev–Trinajstić information content (AvgIpc) is 3.18. The van der Waals surface area contributed by atoms with Crippen LogP contribution in [0.4, 0.5) is 0 Å². The van der Waals surface area contributed by atoms with Gasteiger partial charge in [-0.05, 0) is 38.5 Å². The van der Waals surface area contributed by atoms with Crippen molar-refractivity contribution in [3.05, 3.63) is 36.5 Å². The van der Waals surface area contributed by atoms with Gasteiger partial charge in [-0.15, -0.1) is 0 Å². The van der Waals surface area contributed by atoms with Gasteiger partial charge in [0.15, 0.2) is 6.29 Å². The fourth-order valence-electron chi connectivity index (χ4n) is 6.83. The van der Waals surface area contributed by atoms with Gasteiger partial charge in [0.25, 0.3) is 0 Å². The predicted molar refractivity (Wildman–Crippen MR) is 222 cm³/mol. The summed E-state index contributed by atoms with van der Waals surface area (Å²) in [6.07, 6.45) is 32.4. The number of hydrogen-bond acceptors (Lipinski definition) is 9. The van der Waals surface area contributed by atoms with Gasteiger partial charge in [0, 0.05) is 0 Å². The summed E-state index contributed by atoms with van der Waals surface area (Å²) in [4.78, 5) is 13.0. The van der Waals surface area contributed by atoms with Crippen molar-refractivity contribution in [2.75, 3.05) is 13.2 Å². The standard InChI is InChI=1S/C45H83NO9/c1-3-5-7-9-11-13-15-17-18-19-20-21-22-24-26-28-30-32-34-39(49)44(53)46-37(36-54-45-43(52)42(51)41(50)40(35-47)55-45)38(48)33-31-29-27-25-23-16-14-12-10-8-6-4-2/h10,12,23,25,31,33,37-43,45,47-52H,3-9,11,13-22,24,26-30,32,34-36H2,1-2H3,(H,46,53)/b12-10+,25-23+,33-31+. The molecule has 0 aromatic heterocycles. The minimum atomic E-state index is -1.62. The SMILES string of the molecule is CCCC/C=C/CC/C=C/CC/C=C/C(O)C(COC1OC(CO)C(O)C(O)C1O)NC(=O)C(O)CCCCCCCCCCCCCCCCCCCC. The van der Waals surface area contributed by atoms with Crippen LogP contribution in [0.1, 0.15) is 181 Å².